The highest BCUT2D eigenvalue weighted by molar-refractivity contribution is 7.88. The molecule has 1 atom stereocenters. The molecular formula is C14H23NO4S. The third-order valence-electron chi connectivity index (χ3n) is 2.88. The molecule has 0 aromatic heterocycles. The molecular weight excluding hydrogens is 278 g/mol. The highest BCUT2D eigenvalue weighted by atomic mass is 32.2. The lowest BCUT2D eigenvalue weighted by Gasteiger charge is -2.17. The standard InChI is InChI=1S/C14H23NO4S/c1-3-5-14(10-19-2)15-20(17,18)11-13-7-4-6-12(8-13)9-16/h4,6-8,14-16H,3,5,9-11H2,1-2H3. The predicted molar refractivity (Wildman–Crippen MR) is 78.7 cm³/mol. The topological polar surface area (TPSA) is 75.6 Å². The van der Waals surface area contributed by atoms with Crippen molar-refractivity contribution in [3.8, 4) is 0 Å². The Morgan fingerprint density at radius 1 is 1.35 bits per heavy atom. The number of methoxy groups -OCH3 is 1. The van der Waals surface area contributed by atoms with Crippen LogP contribution in [0.15, 0.2) is 24.3 Å². The zero-order chi connectivity index (χ0) is 15.0. The van der Waals surface area contributed by atoms with Gasteiger partial charge in [0.15, 0.2) is 0 Å². The fraction of sp³-hybridized carbons (Fsp3) is 0.571. The molecule has 0 amide bonds. The summed E-state index contributed by atoms with van der Waals surface area (Å²) in [6.07, 6.45) is 1.63. The fourth-order valence-corrected chi connectivity index (χ4v) is 3.45. The highest BCUT2D eigenvalue weighted by Crippen LogP contribution is 2.10. The van der Waals surface area contributed by atoms with E-state index in [2.05, 4.69) is 4.72 Å². The van der Waals surface area contributed by atoms with Crippen molar-refractivity contribution in [3.05, 3.63) is 35.4 Å². The average molecular weight is 301 g/mol. The molecule has 0 saturated heterocycles. The molecule has 0 aliphatic rings. The van der Waals surface area contributed by atoms with Crippen LogP contribution < -0.4 is 4.72 Å². The Labute approximate surface area is 121 Å². The monoisotopic (exact) mass is 301 g/mol. The summed E-state index contributed by atoms with van der Waals surface area (Å²) < 4.78 is 32.0. The lowest BCUT2D eigenvalue weighted by atomic mass is 10.1. The largest absolute Gasteiger partial charge is 0.392 e. The maximum atomic E-state index is 12.1. The second kappa shape index (κ2) is 8.36. The van der Waals surface area contributed by atoms with E-state index in [0.29, 0.717) is 17.7 Å². The molecule has 1 aromatic carbocycles. The minimum atomic E-state index is -3.41. The van der Waals surface area contributed by atoms with Gasteiger partial charge in [-0.1, -0.05) is 37.6 Å². The Morgan fingerprint density at radius 3 is 2.65 bits per heavy atom. The van der Waals surface area contributed by atoms with E-state index in [0.717, 1.165) is 12.8 Å². The van der Waals surface area contributed by atoms with Crippen LogP contribution in [0.4, 0.5) is 0 Å². The van der Waals surface area contributed by atoms with Gasteiger partial charge in [0.1, 0.15) is 0 Å². The van der Waals surface area contributed by atoms with Crippen molar-refractivity contribution in [2.45, 2.75) is 38.2 Å². The zero-order valence-corrected chi connectivity index (χ0v) is 12.8. The molecule has 0 aliphatic heterocycles. The summed E-state index contributed by atoms with van der Waals surface area (Å²) in [4.78, 5) is 0. The van der Waals surface area contributed by atoms with E-state index >= 15 is 0 Å². The van der Waals surface area contributed by atoms with Crippen LogP contribution >= 0.6 is 0 Å². The minimum absolute atomic E-state index is 0.0925. The van der Waals surface area contributed by atoms with Crippen molar-refractivity contribution in [2.75, 3.05) is 13.7 Å². The maximum absolute atomic E-state index is 12.1. The number of aliphatic hydroxyl groups excluding tert-OH is 1. The van der Waals surface area contributed by atoms with E-state index in [1.54, 1.807) is 31.4 Å². The van der Waals surface area contributed by atoms with E-state index in [1.807, 2.05) is 6.92 Å². The maximum Gasteiger partial charge on any atom is 0.216 e. The number of hydrogen-bond donors (Lipinski definition) is 2. The number of hydrogen-bond acceptors (Lipinski definition) is 4. The lowest BCUT2D eigenvalue weighted by molar-refractivity contribution is 0.171. The van der Waals surface area contributed by atoms with Crippen LogP contribution in [0.3, 0.4) is 0 Å². The third kappa shape index (κ3) is 6.00. The summed E-state index contributed by atoms with van der Waals surface area (Å²) in [5, 5.41) is 9.06. The van der Waals surface area contributed by atoms with Crippen molar-refractivity contribution in [1.29, 1.82) is 0 Å². The van der Waals surface area contributed by atoms with Crippen LogP contribution in [0.25, 0.3) is 0 Å². The number of ether oxygens (including phenoxy) is 1. The Kier molecular flexibility index (Phi) is 7.15. The SMILES string of the molecule is CCCC(COC)NS(=O)(=O)Cc1cccc(CO)c1. The van der Waals surface area contributed by atoms with Gasteiger partial charge in [-0.2, -0.15) is 0 Å². The van der Waals surface area contributed by atoms with E-state index in [-0.39, 0.29) is 18.4 Å². The van der Waals surface area contributed by atoms with Crippen LogP contribution in [0.2, 0.25) is 0 Å². The molecule has 0 aliphatic carbocycles. The Bertz CT molecular complexity index is 496. The van der Waals surface area contributed by atoms with Crippen LogP contribution in [0.1, 0.15) is 30.9 Å². The summed E-state index contributed by atoms with van der Waals surface area (Å²) in [6.45, 7) is 2.27. The van der Waals surface area contributed by atoms with Gasteiger partial charge in [0, 0.05) is 13.2 Å². The molecule has 114 valence electrons. The number of rotatable bonds is 9. The first-order valence-electron chi connectivity index (χ1n) is 6.68. The molecule has 0 bridgehead atoms. The quantitative estimate of drug-likeness (QED) is 0.723. The van der Waals surface area contributed by atoms with Gasteiger partial charge in [0.2, 0.25) is 10.0 Å². The molecule has 20 heavy (non-hydrogen) atoms. The molecule has 0 saturated carbocycles. The van der Waals surface area contributed by atoms with Crippen molar-refractivity contribution in [2.24, 2.45) is 0 Å². The van der Waals surface area contributed by atoms with Crippen LogP contribution in [0, 0.1) is 0 Å². The number of benzene rings is 1. The van der Waals surface area contributed by atoms with Gasteiger partial charge < -0.3 is 9.84 Å². The molecule has 5 nitrogen and oxygen atoms in total. The Balaban J connectivity index is 2.72. The molecule has 6 heteroatoms. The molecule has 1 aromatic rings. The minimum Gasteiger partial charge on any atom is -0.392 e. The molecule has 1 unspecified atom stereocenters. The highest BCUT2D eigenvalue weighted by Gasteiger charge is 2.18. The van der Waals surface area contributed by atoms with Crippen LogP contribution in [-0.2, 0) is 27.1 Å². The van der Waals surface area contributed by atoms with Gasteiger partial charge in [0.25, 0.3) is 0 Å². The number of sulfonamides is 1. The van der Waals surface area contributed by atoms with Crippen molar-refractivity contribution in [1.82, 2.24) is 4.72 Å². The van der Waals surface area contributed by atoms with E-state index in [1.165, 1.54) is 0 Å². The summed E-state index contributed by atoms with van der Waals surface area (Å²) in [5.74, 6) is -0.0925. The Hall–Kier alpha value is -0.950. The molecule has 0 radical (unpaired) electrons. The summed E-state index contributed by atoms with van der Waals surface area (Å²) >= 11 is 0. The smallest absolute Gasteiger partial charge is 0.216 e. The third-order valence-corrected chi connectivity index (χ3v) is 4.29. The van der Waals surface area contributed by atoms with E-state index < -0.39 is 10.0 Å². The molecule has 0 fully saturated rings. The first-order valence-corrected chi connectivity index (χ1v) is 8.33. The fourth-order valence-electron chi connectivity index (χ4n) is 2.06. The zero-order valence-electron chi connectivity index (χ0n) is 12.0. The van der Waals surface area contributed by atoms with E-state index in [9.17, 15) is 8.42 Å². The molecule has 2 N–H and O–H groups in total. The summed E-state index contributed by atoms with van der Waals surface area (Å²) in [7, 11) is -1.86. The molecule has 0 spiro atoms. The summed E-state index contributed by atoms with van der Waals surface area (Å²) in [5.41, 5.74) is 1.37. The van der Waals surface area contributed by atoms with Crippen LogP contribution in [0.5, 0.6) is 0 Å². The van der Waals surface area contributed by atoms with Crippen LogP contribution in [-0.4, -0.2) is 33.3 Å². The first kappa shape index (κ1) is 17.1. The first-order chi connectivity index (χ1) is 9.50. The predicted octanol–water partition coefficient (Wildman–Crippen LogP) is 1.41. The normalized spacial score (nSPS) is 13.3. The van der Waals surface area contributed by atoms with Crippen molar-refractivity contribution >= 4 is 10.0 Å². The van der Waals surface area contributed by atoms with Gasteiger partial charge in [-0.3, -0.25) is 0 Å². The van der Waals surface area contributed by atoms with Crippen molar-refractivity contribution < 1.29 is 18.3 Å². The molecule has 1 rings (SSSR count). The lowest BCUT2D eigenvalue weighted by Crippen LogP contribution is -2.38. The second-order valence-corrected chi connectivity index (χ2v) is 6.55. The average Bonchev–Trinajstić information content (AvgIpc) is 2.38. The second-order valence-electron chi connectivity index (χ2n) is 4.80. The van der Waals surface area contributed by atoms with E-state index in [4.69, 9.17) is 9.84 Å². The van der Waals surface area contributed by atoms with Gasteiger partial charge >= 0.3 is 0 Å². The Morgan fingerprint density at radius 2 is 2.05 bits per heavy atom. The van der Waals surface area contributed by atoms with Gasteiger partial charge in [0.05, 0.1) is 19.0 Å². The number of aliphatic hydroxyl groups is 1. The van der Waals surface area contributed by atoms with Gasteiger partial charge in [-0.25, -0.2) is 13.1 Å². The van der Waals surface area contributed by atoms with Gasteiger partial charge in [-0.15, -0.1) is 0 Å². The number of nitrogens with one attached hydrogen (secondary N) is 1. The summed E-state index contributed by atoms with van der Waals surface area (Å²) in [6, 6.07) is 6.74. The van der Waals surface area contributed by atoms with Gasteiger partial charge in [-0.05, 0) is 17.5 Å². The van der Waals surface area contributed by atoms with Crippen molar-refractivity contribution in [3.63, 3.8) is 0 Å². The molecule has 0 heterocycles.